The molecule has 152 valence electrons. The number of benzene rings is 1. The highest BCUT2D eigenvalue weighted by Gasteiger charge is 2.34. The third-order valence-corrected chi connectivity index (χ3v) is 5.29. The van der Waals surface area contributed by atoms with Crippen molar-refractivity contribution >= 4 is 17.6 Å². The summed E-state index contributed by atoms with van der Waals surface area (Å²) in [6.45, 7) is 6.33. The third-order valence-electron chi connectivity index (χ3n) is 5.29. The van der Waals surface area contributed by atoms with Gasteiger partial charge in [0.05, 0.1) is 17.9 Å². The minimum absolute atomic E-state index is 0.122. The van der Waals surface area contributed by atoms with E-state index in [9.17, 15) is 4.79 Å². The largest absolute Gasteiger partial charge is 0.447 e. The summed E-state index contributed by atoms with van der Waals surface area (Å²) < 4.78 is 7.01. The van der Waals surface area contributed by atoms with Crippen LogP contribution >= 0.6 is 0 Å². The van der Waals surface area contributed by atoms with Crippen molar-refractivity contribution in [1.29, 1.82) is 0 Å². The van der Waals surface area contributed by atoms with E-state index in [0.29, 0.717) is 32.2 Å². The number of hydrogen-bond donors (Lipinski definition) is 2. The molecule has 0 bridgehead atoms. The van der Waals surface area contributed by atoms with Crippen LogP contribution in [0, 0.1) is 5.92 Å². The van der Waals surface area contributed by atoms with E-state index in [-0.39, 0.29) is 12.1 Å². The molecule has 1 aliphatic rings. The van der Waals surface area contributed by atoms with Gasteiger partial charge in [-0.2, -0.15) is 0 Å². The molecule has 1 unspecified atom stereocenters. The smallest absolute Gasteiger partial charge is 0.410 e. The molecule has 0 spiro atoms. The highest BCUT2D eigenvalue weighted by atomic mass is 16.6. The molecule has 1 aromatic carbocycles. The molecule has 3 aromatic rings. The van der Waals surface area contributed by atoms with Crippen molar-refractivity contribution in [2.45, 2.75) is 26.4 Å². The van der Waals surface area contributed by atoms with Gasteiger partial charge in [-0.15, -0.1) is 5.10 Å². The van der Waals surface area contributed by atoms with Crippen LogP contribution in [0.15, 0.2) is 42.6 Å². The minimum Gasteiger partial charge on any atom is -0.447 e. The highest BCUT2D eigenvalue weighted by molar-refractivity contribution is 5.70. The maximum Gasteiger partial charge on any atom is 0.410 e. The van der Waals surface area contributed by atoms with Crippen molar-refractivity contribution in [2.24, 2.45) is 11.7 Å². The monoisotopic (exact) mass is 394 g/mol. The van der Waals surface area contributed by atoms with E-state index in [2.05, 4.69) is 29.2 Å². The first-order valence-corrected chi connectivity index (χ1v) is 9.88. The number of fused-ring (bicyclic) bond motifs is 1. The Morgan fingerprint density at radius 2 is 2.03 bits per heavy atom. The normalized spacial score (nSPS) is 16.6. The Morgan fingerprint density at radius 1 is 1.24 bits per heavy atom. The number of nitrogens with two attached hydrogens (primary N) is 1. The molecule has 1 amide bonds. The fraction of sp³-hybridized carbons (Fsp3) is 0.381. The molecule has 3 N–H and O–H groups in total. The summed E-state index contributed by atoms with van der Waals surface area (Å²) in [7, 11) is 0. The van der Waals surface area contributed by atoms with Crippen LogP contribution in [-0.4, -0.2) is 51.3 Å². The molecule has 8 heteroatoms. The molecule has 1 aliphatic heterocycles. The van der Waals surface area contributed by atoms with Crippen LogP contribution in [0.25, 0.3) is 16.9 Å². The second kappa shape index (κ2) is 8.08. The van der Waals surface area contributed by atoms with E-state index in [1.54, 1.807) is 4.90 Å². The number of carbonyl (C=O) groups is 1. The molecule has 1 atom stereocenters. The maximum absolute atomic E-state index is 12.0. The van der Waals surface area contributed by atoms with E-state index >= 15 is 0 Å². The van der Waals surface area contributed by atoms with E-state index in [1.807, 2.05) is 47.1 Å². The minimum atomic E-state index is -0.244. The number of hydrogen-bond acceptors (Lipinski definition) is 6. The van der Waals surface area contributed by atoms with Crippen molar-refractivity contribution in [3.63, 3.8) is 0 Å². The predicted octanol–water partition coefficient (Wildman–Crippen LogP) is 2.74. The van der Waals surface area contributed by atoms with E-state index in [0.717, 1.165) is 28.3 Å². The molecular weight excluding hydrogens is 368 g/mol. The van der Waals surface area contributed by atoms with Crippen LogP contribution in [0.1, 0.15) is 19.4 Å². The van der Waals surface area contributed by atoms with Gasteiger partial charge >= 0.3 is 6.09 Å². The summed E-state index contributed by atoms with van der Waals surface area (Å²) in [6.07, 6.45) is 1.57. The van der Waals surface area contributed by atoms with E-state index in [4.69, 9.17) is 10.5 Å². The molecule has 3 heterocycles. The van der Waals surface area contributed by atoms with Gasteiger partial charge in [0.2, 0.25) is 0 Å². The number of rotatable bonds is 7. The number of nitrogens with one attached hydrogen (secondary N) is 1. The number of amides is 1. The number of ether oxygens (including phenoxy) is 1. The standard InChI is InChI=1S/C21H26N6O2/c1-14(2)18-13-29-21(28)26(18)10-9-23-19-7-8-20-24-12-17(27(20)25-19)16-5-3-15(11-22)4-6-16/h3-8,12,14,18H,9-11,13,22H2,1-2H3,(H,23,25). The quantitative estimate of drug-likeness (QED) is 0.639. The lowest BCUT2D eigenvalue weighted by molar-refractivity contribution is 0.158. The maximum atomic E-state index is 12.0. The number of imidazole rings is 1. The molecular formula is C21H26N6O2. The lowest BCUT2D eigenvalue weighted by atomic mass is 10.0. The topological polar surface area (TPSA) is 97.8 Å². The van der Waals surface area contributed by atoms with Gasteiger partial charge in [0.25, 0.3) is 0 Å². The van der Waals surface area contributed by atoms with Crippen LogP contribution in [0.5, 0.6) is 0 Å². The Morgan fingerprint density at radius 3 is 2.76 bits per heavy atom. The summed E-state index contributed by atoms with van der Waals surface area (Å²) in [6, 6.07) is 12.0. The van der Waals surface area contributed by atoms with Gasteiger partial charge in [-0.25, -0.2) is 14.3 Å². The Labute approximate surface area is 169 Å². The zero-order valence-corrected chi connectivity index (χ0v) is 16.7. The van der Waals surface area contributed by atoms with Crippen LogP contribution in [0.4, 0.5) is 10.6 Å². The molecule has 1 fully saturated rings. The Kier molecular flexibility index (Phi) is 5.35. The van der Waals surface area contributed by atoms with Gasteiger partial charge < -0.3 is 15.8 Å². The fourth-order valence-corrected chi connectivity index (χ4v) is 3.55. The first kappa shape index (κ1) is 19.2. The van der Waals surface area contributed by atoms with Crippen LogP contribution in [-0.2, 0) is 11.3 Å². The van der Waals surface area contributed by atoms with E-state index in [1.165, 1.54) is 0 Å². The number of carbonyl (C=O) groups excluding carboxylic acids is 1. The lowest BCUT2D eigenvalue weighted by Gasteiger charge is -2.24. The number of aromatic nitrogens is 3. The summed E-state index contributed by atoms with van der Waals surface area (Å²) >= 11 is 0. The Balaban J connectivity index is 1.48. The van der Waals surface area contributed by atoms with Crippen LogP contribution < -0.4 is 11.1 Å². The molecule has 0 radical (unpaired) electrons. The van der Waals surface area contributed by atoms with Gasteiger partial charge in [0, 0.05) is 25.2 Å². The first-order chi connectivity index (χ1) is 14.1. The third kappa shape index (κ3) is 3.88. The van der Waals surface area contributed by atoms with Crippen molar-refractivity contribution < 1.29 is 9.53 Å². The number of nitrogens with zero attached hydrogens (tertiary/aromatic N) is 4. The SMILES string of the molecule is CC(C)C1COC(=O)N1CCNc1ccc2ncc(-c3ccc(CN)cc3)n2n1. The van der Waals surface area contributed by atoms with Crippen LogP contribution in [0.2, 0.25) is 0 Å². The van der Waals surface area contributed by atoms with Gasteiger partial charge in [-0.3, -0.25) is 4.90 Å². The average Bonchev–Trinajstić information content (AvgIpc) is 3.31. The Hall–Kier alpha value is -3.13. The molecule has 1 saturated heterocycles. The zero-order valence-electron chi connectivity index (χ0n) is 16.7. The van der Waals surface area contributed by atoms with Gasteiger partial charge in [-0.1, -0.05) is 38.1 Å². The summed E-state index contributed by atoms with van der Waals surface area (Å²) in [5.41, 5.74) is 9.48. The van der Waals surface area contributed by atoms with Gasteiger partial charge in [-0.05, 0) is 23.6 Å². The number of anilines is 1. The lowest BCUT2D eigenvalue weighted by Crippen LogP contribution is -2.40. The van der Waals surface area contributed by atoms with Crippen molar-refractivity contribution in [2.75, 3.05) is 25.0 Å². The van der Waals surface area contributed by atoms with Crippen molar-refractivity contribution in [3.05, 3.63) is 48.2 Å². The summed E-state index contributed by atoms with van der Waals surface area (Å²) in [4.78, 5) is 18.2. The second-order valence-corrected chi connectivity index (χ2v) is 7.54. The van der Waals surface area contributed by atoms with Crippen molar-refractivity contribution in [1.82, 2.24) is 19.5 Å². The molecule has 8 nitrogen and oxygen atoms in total. The van der Waals surface area contributed by atoms with Crippen molar-refractivity contribution in [3.8, 4) is 11.3 Å². The number of cyclic esters (lactones) is 1. The summed E-state index contributed by atoms with van der Waals surface area (Å²) in [5, 5.41) is 7.98. The second-order valence-electron chi connectivity index (χ2n) is 7.54. The average molecular weight is 394 g/mol. The molecule has 4 rings (SSSR count). The molecule has 0 aliphatic carbocycles. The molecule has 29 heavy (non-hydrogen) atoms. The van der Waals surface area contributed by atoms with Gasteiger partial charge in [0.1, 0.15) is 12.4 Å². The highest BCUT2D eigenvalue weighted by Crippen LogP contribution is 2.22. The molecule has 2 aromatic heterocycles. The summed E-state index contributed by atoms with van der Waals surface area (Å²) in [5.74, 6) is 1.08. The zero-order chi connectivity index (χ0) is 20.4. The van der Waals surface area contributed by atoms with Crippen LogP contribution in [0.3, 0.4) is 0 Å². The fourth-order valence-electron chi connectivity index (χ4n) is 3.55. The first-order valence-electron chi connectivity index (χ1n) is 9.88. The van der Waals surface area contributed by atoms with Gasteiger partial charge in [0.15, 0.2) is 5.65 Å². The molecule has 0 saturated carbocycles. The van der Waals surface area contributed by atoms with E-state index < -0.39 is 0 Å². The Bertz CT molecular complexity index is 998. The predicted molar refractivity (Wildman–Crippen MR) is 111 cm³/mol.